The smallest absolute Gasteiger partial charge is 0.405 e. The Hall–Kier alpha value is -3.34. The summed E-state index contributed by atoms with van der Waals surface area (Å²) in [7, 11) is 0. The number of nitrogens with zero attached hydrogens (tertiary/aromatic N) is 3. The molecule has 3 aromatic heterocycles. The van der Waals surface area contributed by atoms with Gasteiger partial charge in [0, 0.05) is 28.9 Å². The number of hydrogen-bond donors (Lipinski definition) is 3. The lowest BCUT2D eigenvalue weighted by molar-refractivity contribution is -0.126. The van der Waals surface area contributed by atoms with Gasteiger partial charge >= 0.3 is 6.18 Å². The number of nitrogens with one attached hydrogen (secondary N) is 2. The van der Waals surface area contributed by atoms with E-state index in [2.05, 4.69) is 20.3 Å². The fraction of sp³-hybridized carbons (Fsp3) is 0.458. The number of fused-ring (bicyclic) bond motifs is 1. The van der Waals surface area contributed by atoms with Crippen molar-refractivity contribution in [1.29, 1.82) is 0 Å². The molecule has 1 aliphatic rings. The first-order chi connectivity index (χ1) is 16.6. The van der Waals surface area contributed by atoms with Gasteiger partial charge in [-0.2, -0.15) is 13.2 Å². The predicted molar refractivity (Wildman–Crippen MR) is 127 cm³/mol. The second-order valence-electron chi connectivity index (χ2n) is 9.10. The third-order valence-corrected chi connectivity index (χ3v) is 6.07. The van der Waals surface area contributed by atoms with E-state index in [-0.39, 0.29) is 11.8 Å². The van der Waals surface area contributed by atoms with Crippen LogP contribution in [0.3, 0.4) is 0 Å². The van der Waals surface area contributed by atoms with E-state index >= 15 is 0 Å². The van der Waals surface area contributed by atoms with Crippen LogP contribution in [-0.4, -0.2) is 58.8 Å². The fourth-order valence-electron chi connectivity index (χ4n) is 4.51. The van der Waals surface area contributed by atoms with Crippen LogP contribution in [0.4, 0.5) is 18.9 Å². The lowest BCUT2D eigenvalue weighted by atomic mass is 10.0. The van der Waals surface area contributed by atoms with Crippen molar-refractivity contribution in [1.82, 2.24) is 20.3 Å². The molecule has 0 radical (unpaired) electrons. The third kappa shape index (κ3) is 5.84. The van der Waals surface area contributed by atoms with Gasteiger partial charge in [0.1, 0.15) is 30.1 Å². The number of nitrogens with two attached hydrogens (primary N) is 1. The van der Waals surface area contributed by atoms with Crippen LogP contribution in [0.15, 0.2) is 36.9 Å². The average molecular weight is 491 g/mol. The normalized spacial score (nSPS) is 15.9. The summed E-state index contributed by atoms with van der Waals surface area (Å²) in [5, 5.41) is 4.05. The Kier molecular flexibility index (Phi) is 7.15. The van der Waals surface area contributed by atoms with E-state index in [0.717, 1.165) is 36.2 Å². The number of carbonyl (C=O) groups excluding carboxylic acids is 1. The second kappa shape index (κ2) is 10.1. The van der Waals surface area contributed by atoms with E-state index in [9.17, 15) is 18.0 Å². The zero-order chi connectivity index (χ0) is 25.2. The SMILES string of the molecule is CC(C)[C@@H](C(N)=O)N(CC(F)(F)F)c1cncc(-c2c[nH]c3ncc(OC4CCNCC4)cc23)c1. The number of alkyl halides is 3. The monoisotopic (exact) mass is 490 g/mol. The molecular formula is C24H29F3N6O2. The van der Waals surface area contributed by atoms with Crippen molar-refractivity contribution in [3.05, 3.63) is 36.9 Å². The summed E-state index contributed by atoms with van der Waals surface area (Å²) in [6.45, 7) is 3.78. The number of aromatic amines is 1. The molecule has 8 nitrogen and oxygen atoms in total. The van der Waals surface area contributed by atoms with E-state index < -0.39 is 30.6 Å². The number of anilines is 1. The van der Waals surface area contributed by atoms with Gasteiger partial charge in [-0.1, -0.05) is 13.8 Å². The quantitative estimate of drug-likeness (QED) is 0.445. The number of piperidine rings is 1. The molecule has 11 heteroatoms. The maximum absolute atomic E-state index is 13.5. The zero-order valence-electron chi connectivity index (χ0n) is 19.6. The third-order valence-electron chi connectivity index (χ3n) is 6.07. The van der Waals surface area contributed by atoms with Crippen molar-refractivity contribution >= 4 is 22.6 Å². The number of primary amides is 1. The summed E-state index contributed by atoms with van der Waals surface area (Å²) in [4.78, 5) is 24.8. The van der Waals surface area contributed by atoms with Crippen LogP contribution in [0, 0.1) is 5.92 Å². The van der Waals surface area contributed by atoms with Crippen LogP contribution < -0.4 is 20.7 Å². The first-order valence-electron chi connectivity index (χ1n) is 11.5. The second-order valence-corrected chi connectivity index (χ2v) is 9.10. The Bertz CT molecular complexity index is 1170. The van der Waals surface area contributed by atoms with E-state index in [1.165, 1.54) is 6.20 Å². The van der Waals surface area contributed by atoms with Crippen molar-refractivity contribution in [3.63, 3.8) is 0 Å². The maximum atomic E-state index is 13.5. The molecule has 0 aromatic carbocycles. The van der Waals surface area contributed by atoms with E-state index in [1.54, 1.807) is 38.5 Å². The number of pyridine rings is 2. The van der Waals surface area contributed by atoms with Crippen LogP contribution in [0.2, 0.25) is 0 Å². The van der Waals surface area contributed by atoms with Gasteiger partial charge in [0.2, 0.25) is 5.91 Å². The molecule has 0 unspecified atom stereocenters. The molecule has 1 saturated heterocycles. The number of hydrogen-bond acceptors (Lipinski definition) is 6. The molecule has 4 N–H and O–H groups in total. The number of rotatable bonds is 8. The molecule has 0 aliphatic carbocycles. The Balaban J connectivity index is 1.70. The lowest BCUT2D eigenvalue weighted by Gasteiger charge is -2.34. The van der Waals surface area contributed by atoms with Crippen LogP contribution in [-0.2, 0) is 4.79 Å². The maximum Gasteiger partial charge on any atom is 0.405 e. The minimum absolute atomic E-state index is 0.0978. The van der Waals surface area contributed by atoms with Crippen molar-refractivity contribution < 1.29 is 22.7 Å². The summed E-state index contributed by atoms with van der Waals surface area (Å²) in [5.41, 5.74) is 7.56. The summed E-state index contributed by atoms with van der Waals surface area (Å²) < 4.78 is 46.5. The van der Waals surface area contributed by atoms with Crippen LogP contribution >= 0.6 is 0 Å². The molecule has 0 bridgehead atoms. The molecule has 1 fully saturated rings. The van der Waals surface area contributed by atoms with Gasteiger partial charge in [-0.15, -0.1) is 0 Å². The highest BCUT2D eigenvalue weighted by Crippen LogP contribution is 2.34. The molecule has 1 amide bonds. The molecule has 0 spiro atoms. The molecule has 1 atom stereocenters. The number of halogens is 3. The van der Waals surface area contributed by atoms with Gasteiger partial charge in [0.15, 0.2) is 0 Å². The topological polar surface area (TPSA) is 109 Å². The predicted octanol–water partition coefficient (Wildman–Crippen LogP) is 3.63. The molecule has 188 valence electrons. The molecule has 0 saturated carbocycles. The first kappa shape index (κ1) is 24.8. The summed E-state index contributed by atoms with van der Waals surface area (Å²) >= 11 is 0. The molecule has 35 heavy (non-hydrogen) atoms. The van der Waals surface area contributed by atoms with Crippen molar-refractivity contribution in [2.24, 2.45) is 11.7 Å². The Morgan fingerprint density at radius 2 is 1.97 bits per heavy atom. The Morgan fingerprint density at radius 1 is 1.23 bits per heavy atom. The first-order valence-corrected chi connectivity index (χ1v) is 11.5. The zero-order valence-corrected chi connectivity index (χ0v) is 19.6. The number of carbonyl (C=O) groups is 1. The highest BCUT2D eigenvalue weighted by Gasteiger charge is 2.37. The largest absolute Gasteiger partial charge is 0.489 e. The molecule has 4 heterocycles. The van der Waals surface area contributed by atoms with Gasteiger partial charge in [0.05, 0.1) is 18.1 Å². The average Bonchev–Trinajstić information content (AvgIpc) is 3.21. The van der Waals surface area contributed by atoms with E-state index in [4.69, 9.17) is 10.5 Å². The van der Waals surface area contributed by atoms with Gasteiger partial charge < -0.3 is 25.7 Å². The molecule has 3 aromatic rings. The van der Waals surface area contributed by atoms with Gasteiger partial charge in [0.25, 0.3) is 0 Å². The number of ether oxygens (including phenoxy) is 1. The highest BCUT2D eigenvalue weighted by molar-refractivity contribution is 5.94. The minimum atomic E-state index is -4.54. The van der Waals surface area contributed by atoms with Crippen molar-refractivity contribution in [2.75, 3.05) is 24.5 Å². The molecular weight excluding hydrogens is 461 g/mol. The van der Waals surface area contributed by atoms with Crippen molar-refractivity contribution in [2.45, 2.75) is 45.0 Å². The lowest BCUT2D eigenvalue weighted by Crippen LogP contribution is -2.51. The Morgan fingerprint density at radius 3 is 2.63 bits per heavy atom. The summed E-state index contributed by atoms with van der Waals surface area (Å²) in [6.07, 6.45) is 3.62. The van der Waals surface area contributed by atoms with Gasteiger partial charge in [-0.25, -0.2) is 4.98 Å². The van der Waals surface area contributed by atoms with Gasteiger partial charge in [-0.3, -0.25) is 9.78 Å². The summed E-state index contributed by atoms with van der Waals surface area (Å²) in [6, 6.07) is 2.31. The van der Waals surface area contributed by atoms with Gasteiger partial charge in [-0.05, 0) is 44.0 Å². The van der Waals surface area contributed by atoms with Crippen LogP contribution in [0.5, 0.6) is 5.75 Å². The van der Waals surface area contributed by atoms with Crippen LogP contribution in [0.25, 0.3) is 22.2 Å². The fourth-order valence-corrected chi connectivity index (χ4v) is 4.51. The number of aromatic nitrogens is 3. The Labute approximate surface area is 201 Å². The van der Waals surface area contributed by atoms with Crippen LogP contribution in [0.1, 0.15) is 26.7 Å². The van der Waals surface area contributed by atoms with Crippen molar-refractivity contribution in [3.8, 4) is 16.9 Å². The highest BCUT2D eigenvalue weighted by atomic mass is 19.4. The molecule has 1 aliphatic heterocycles. The summed E-state index contributed by atoms with van der Waals surface area (Å²) in [5.74, 6) is -0.641. The minimum Gasteiger partial charge on any atom is -0.489 e. The number of amides is 1. The van der Waals surface area contributed by atoms with E-state index in [1.807, 2.05) is 6.07 Å². The molecule has 4 rings (SSSR count). The van der Waals surface area contributed by atoms with E-state index in [0.29, 0.717) is 22.5 Å². The number of H-pyrrole nitrogens is 1. The standard InChI is InChI=1S/C24H29F3N6O2/c1-14(2)21(22(28)34)33(13-24(25,26)27)16-7-15(9-30-10-16)20-12-32-23-19(20)8-18(11-31-23)35-17-3-5-29-6-4-17/h7-12,14,17,21,29H,3-6,13H2,1-2H3,(H2,28,34)(H,31,32)/t21-/m0/s1.